The van der Waals surface area contributed by atoms with E-state index in [4.69, 9.17) is 11.6 Å². The molecule has 1 heterocycles. The van der Waals surface area contributed by atoms with E-state index in [1.807, 2.05) is 25.1 Å². The highest BCUT2D eigenvalue weighted by Crippen LogP contribution is 2.46. The number of rotatable bonds is 3. The van der Waals surface area contributed by atoms with E-state index in [0.29, 0.717) is 11.4 Å². The highest BCUT2D eigenvalue weighted by molar-refractivity contribution is 6.34. The van der Waals surface area contributed by atoms with Crippen LogP contribution in [-0.4, -0.2) is 14.8 Å². The molecule has 3 aromatic rings. The number of halogens is 1. The second kappa shape index (κ2) is 6.14. The summed E-state index contributed by atoms with van der Waals surface area (Å²) < 4.78 is 1.21. The minimum Gasteiger partial charge on any atom is -0.493 e. The minimum absolute atomic E-state index is 0.0218. The molecule has 0 saturated carbocycles. The van der Waals surface area contributed by atoms with Gasteiger partial charge in [-0.25, -0.2) is 4.57 Å². The summed E-state index contributed by atoms with van der Waals surface area (Å²) in [7, 11) is 0. The Hall–Kier alpha value is -2.79. The van der Waals surface area contributed by atoms with Gasteiger partial charge in [-0.3, -0.25) is 0 Å². The Morgan fingerprint density at radius 3 is 2.17 bits per heavy atom. The summed E-state index contributed by atoms with van der Waals surface area (Å²) in [5.41, 5.74) is 2.32. The molecule has 0 aliphatic heterocycles. The van der Waals surface area contributed by atoms with Gasteiger partial charge in [0, 0.05) is 0 Å². The molecule has 0 unspecified atom stereocenters. The van der Waals surface area contributed by atoms with Gasteiger partial charge in [-0.1, -0.05) is 47.5 Å². The fourth-order valence-electron chi connectivity index (χ4n) is 2.14. The van der Waals surface area contributed by atoms with E-state index in [2.05, 4.69) is 10.2 Å². The van der Waals surface area contributed by atoms with Crippen LogP contribution in [0.5, 0.6) is 11.8 Å². The molecular weight excluding hydrogens is 314 g/mol. The standard InChI is InChI=1S/C17H14ClN3O2/c1-11-7-9-12(10-8-11)19-20-15-14(18)16(22)21(17(15)23)13-5-3-2-4-6-13/h2-10,22-23H,1H3. The zero-order valence-electron chi connectivity index (χ0n) is 12.3. The number of benzene rings is 2. The summed E-state index contributed by atoms with van der Waals surface area (Å²) in [6, 6.07) is 16.3. The van der Waals surface area contributed by atoms with Gasteiger partial charge in [0.05, 0.1) is 11.4 Å². The molecule has 0 aliphatic carbocycles. The van der Waals surface area contributed by atoms with Crippen molar-refractivity contribution in [2.45, 2.75) is 6.92 Å². The van der Waals surface area contributed by atoms with Crippen molar-refractivity contribution in [1.82, 2.24) is 4.57 Å². The smallest absolute Gasteiger partial charge is 0.228 e. The molecule has 0 bridgehead atoms. The molecule has 0 spiro atoms. The molecule has 2 N–H and O–H groups in total. The van der Waals surface area contributed by atoms with Crippen LogP contribution in [0.4, 0.5) is 11.4 Å². The number of hydrogen-bond donors (Lipinski definition) is 2. The second-order valence-electron chi connectivity index (χ2n) is 5.02. The van der Waals surface area contributed by atoms with E-state index in [1.165, 1.54) is 4.57 Å². The van der Waals surface area contributed by atoms with Crippen LogP contribution in [0.1, 0.15) is 5.56 Å². The third-order valence-corrected chi connectivity index (χ3v) is 3.70. The first-order valence-corrected chi connectivity index (χ1v) is 7.31. The van der Waals surface area contributed by atoms with Crippen molar-refractivity contribution < 1.29 is 10.2 Å². The molecule has 0 fully saturated rings. The van der Waals surface area contributed by atoms with Crippen LogP contribution in [-0.2, 0) is 0 Å². The third kappa shape index (κ3) is 2.91. The molecule has 0 saturated heterocycles. The van der Waals surface area contributed by atoms with Gasteiger partial charge in [0.1, 0.15) is 5.02 Å². The number of hydrogen-bond acceptors (Lipinski definition) is 4. The van der Waals surface area contributed by atoms with Crippen molar-refractivity contribution in [1.29, 1.82) is 0 Å². The number of aryl methyl sites for hydroxylation is 1. The van der Waals surface area contributed by atoms with E-state index in [1.54, 1.807) is 36.4 Å². The Bertz CT molecular complexity index is 856. The molecule has 0 aliphatic rings. The van der Waals surface area contributed by atoms with E-state index >= 15 is 0 Å². The fourth-order valence-corrected chi connectivity index (χ4v) is 2.34. The SMILES string of the molecule is Cc1ccc(N=Nc2c(Cl)c(O)n(-c3ccccc3)c2O)cc1. The minimum atomic E-state index is -0.284. The lowest BCUT2D eigenvalue weighted by molar-refractivity contribution is 0.403. The first kappa shape index (κ1) is 15.1. The Labute approximate surface area is 138 Å². The maximum Gasteiger partial charge on any atom is 0.228 e. The lowest BCUT2D eigenvalue weighted by Gasteiger charge is -2.05. The first-order chi connectivity index (χ1) is 11.1. The largest absolute Gasteiger partial charge is 0.493 e. The normalized spacial score (nSPS) is 11.2. The zero-order valence-corrected chi connectivity index (χ0v) is 13.1. The number of nitrogens with zero attached hydrogens (tertiary/aromatic N) is 3. The summed E-state index contributed by atoms with van der Waals surface area (Å²) in [4.78, 5) is 0. The molecule has 5 nitrogen and oxygen atoms in total. The van der Waals surface area contributed by atoms with Gasteiger partial charge in [-0.15, -0.1) is 5.11 Å². The lowest BCUT2D eigenvalue weighted by atomic mass is 10.2. The van der Waals surface area contributed by atoms with Crippen LogP contribution in [0, 0.1) is 6.92 Å². The second-order valence-corrected chi connectivity index (χ2v) is 5.39. The third-order valence-electron chi connectivity index (χ3n) is 3.35. The van der Waals surface area contributed by atoms with Crippen LogP contribution in [0.3, 0.4) is 0 Å². The highest BCUT2D eigenvalue weighted by atomic mass is 35.5. The topological polar surface area (TPSA) is 70.1 Å². The van der Waals surface area contributed by atoms with Gasteiger partial charge in [0.15, 0.2) is 5.69 Å². The maximum atomic E-state index is 10.3. The molecule has 116 valence electrons. The zero-order chi connectivity index (χ0) is 16.4. The average molecular weight is 328 g/mol. The molecule has 1 aromatic heterocycles. The predicted octanol–water partition coefficient (Wildman–Crippen LogP) is 5.27. The quantitative estimate of drug-likeness (QED) is 0.644. The Balaban J connectivity index is 2.02. The van der Waals surface area contributed by atoms with Crippen LogP contribution in [0.15, 0.2) is 64.8 Å². The van der Waals surface area contributed by atoms with Crippen molar-refractivity contribution in [3.05, 3.63) is 65.2 Å². The van der Waals surface area contributed by atoms with Crippen molar-refractivity contribution in [2.75, 3.05) is 0 Å². The van der Waals surface area contributed by atoms with Crippen LogP contribution in [0.25, 0.3) is 5.69 Å². The predicted molar refractivity (Wildman–Crippen MR) is 89.5 cm³/mol. The monoisotopic (exact) mass is 327 g/mol. The fraction of sp³-hybridized carbons (Fsp3) is 0.0588. The van der Waals surface area contributed by atoms with Crippen molar-refractivity contribution in [2.24, 2.45) is 10.2 Å². The number of para-hydroxylation sites is 1. The van der Waals surface area contributed by atoms with Gasteiger partial charge in [-0.2, -0.15) is 5.11 Å². The number of aromatic hydroxyl groups is 2. The van der Waals surface area contributed by atoms with Gasteiger partial charge >= 0.3 is 0 Å². The molecule has 6 heteroatoms. The molecule has 2 aromatic carbocycles. The van der Waals surface area contributed by atoms with Crippen molar-refractivity contribution in [3.8, 4) is 17.4 Å². The summed E-state index contributed by atoms with van der Waals surface area (Å²) >= 11 is 6.08. The summed E-state index contributed by atoms with van der Waals surface area (Å²) in [6.45, 7) is 1.97. The van der Waals surface area contributed by atoms with Gasteiger partial charge in [-0.05, 0) is 31.2 Å². The van der Waals surface area contributed by atoms with Crippen LogP contribution in [0.2, 0.25) is 5.02 Å². The van der Waals surface area contributed by atoms with Gasteiger partial charge in [0.25, 0.3) is 0 Å². The molecule has 0 radical (unpaired) electrons. The Morgan fingerprint density at radius 2 is 1.52 bits per heavy atom. The molecule has 23 heavy (non-hydrogen) atoms. The molecule has 3 rings (SSSR count). The van der Waals surface area contributed by atoms with Gasteiger partial charge < -0.3 is 10.2 Å². The van der Waals surface area contributed by atoms with E-state index in [-0.39, 0.29) is 22.5 Å². The average Bonchev–Trinajstić information content (AvgIpc) is 2.78. The summed E-state index contributed by atoms with van der Waals surface area (Å²) in [5.74, 6) is -0.553. The van der Waals surface area contributed by atoms with Crippen LogP contribution >= 0.6 is 11.6 Å². The van der Waals surface area contributed by atoms with E-state index in [0.717, 1.165) is 5.56 Å². The van der Waals surface area contributed by atoms with Crippen molar-refractivity contribution >= 4 is 23.0 Å². The van der Waals surface area contributed by atoms with E-state index < -0.39 is 0 Å². The van der Waals surface area contributed by atoms with Crippen molar-refractivity contribution in [3.63, 3.8) is 0 Å². The van der Waals surface area contributed by atoms with Crippen LogP contribution < -0.4 is 0 Å². The molecular formula is C17H14ClN3O2. The van der Waals surface area contributed by atoms with Gasteiger partial charge in [0.2, 0.25) is 11.8 Å². The first-order valence-electron chi connectivity index (χ1n) is 6.94. The summed E-state index contributed by atoms with van der Waals surface area (Å²) in [5, 5.41) is 28.5. The Kier molecular flexibility index (Phi) is 4.04. The summed E-state index contributed by atoms with van der Waals surface area (Å²) in [6.07, 6.45) is 0. The maximum absolute atomic E-state index is 10.3. The lowest BCUT2D eigenvalue weighted by Crippen LogP contribution is -1.91. The molecule has 0 amide bonds. The molecule has 0 atom stereocenters. The number of azo groups is 1. The Morgan fingerprint density at radius 1 is 0.870 bits per heavy atom. The van der Waals surface area contributed by atoms with E-state index in [9.17, 15) is 10.2 Å². The highest BCUT2D eigenvalue weighted by Gasteiger charge is 2.22. The number of aromatic nitrogens is 1.